The second kappa shape index (κ2) is 11.6. The molecule has 17 heavy (non-hydrogen) atoms. The predicted molar refractivity (Wildman–Crippen MR) is 69.8 cm³/mol. The summed E-state index contributed by atoms with van der Waals surface area (Å²) >= 11 is 0. The fraction of sp³-hybridized carbons (Fsp3) is 0.909. The third kappa shape index (κ3) is 8.91. The number of methoxy groups -OCH3 is 2. The van der Waals surface area contributed by atoms with Gasteiger partial charge in [-0.25, -0.2) is 5.84 Å². The molecule has 0 spiro atoms. The van der Waals surface area contributed by atoms with Crippen LogP contribution in [-0.2, 0) is 9.47 Å². The van der Waals surface area contributed by atoms with Crippen LogP contribution in [0.4, 0.5) is 0 Å². The van der Waals surface area contributed by atoms with E-state index in [9.17, 15) is 0 Å². The topological polar surface area (TPSA) is 80.9 Å². The van der Waals surface area contributed by atoms with Crippen molar-refractivity contribution >= 4 is 5.96 Å². The summed E-state index contributed by atoms with van der Waals surface area (Å²) < 4.78 is 10.1. The van der Waals surface area contributed by atoms with E-state index in [-0.39, 0.29) is 6.04 Å². The van der Waals surface area contributed by atoms with E-state index in [1.807, 2.05) is 0 Å². The van der Waals surface area contributed by atoms with Gasteiger partial charge < -0.3 is 14.8 Å². The van der Waals surface area contributed by atoms with Gasteiger partial charge in [0.25, 0.3) is 0 Å². The second-order valence-electron chi connectivity index (χ2n) is 3.81. The van der Waals surface area contributed by atoms with E-state index in [1.165, 1.54) is 0 Å². The summed E-state index contributed by atoms with van der Waals surface area (Å²) in [6, 6.07) is 0.238. The van der Waals surface area contributed by atoms with Gasteiger partial charge in [-0.2, -0.15) is 0 Å². The fourth-order valence-electron chi connectivity index (χ4n) is 1.47. The molecule has 0 heterocycles. The first-order valence-corrected chi connectivity index (χ1v) is 6.03. The maximum atomic E-state index is 5.41. The van der Waals surface area contributed by atoms with E-state index in [4.69, 9.17) is 15.3 Å². The van der Waals surface area contributed by atoms with Gasteiger partial charge in [0.05, 0.1) is 12.6 Å². The van der Waals surface area contributed by atoms with Gasteiger partial charge in [-0.05, 0) is 12.8 Å². The van der Waals surface area contributed by atoms with Crippen LogP contribution in [-0.4, -0.2) is 46.0 Å². The smallest absolute Gasteiger partial charge is 0.206 e. The third-order valence-corrected chi connectivity index (χ3v) is 2.26. The maximum absolute atomic E-state index is 5.41. The predicted octanol–water partition coefficient (Wildman–Crippen LogP) is 0.247. The van der Waals surface area contributed by atoms with E-state index in [2.05, 4.69) is 22.7 Å². The lowest BCUT2D eigenvalue weighted by Crippen LogP contribution is -2.48. The quantitative estimate of drug-likeness (QED) is 0.179. The molecular formula is C11H26N4O2. The molecule has 6 nitrogen and oxygen atoms in total. The number of nitrogens with zero attached hydrogens (tertiary/aromatic N) is 1. The van der Waals surface area contributed by atoms with Crippen molar-refractivity contribution in [2.45, 2.75) is 32.2 Å². The SMILES string of the molecule is CCCC(COC)NC(=NCCCOC)NN. The van der Waals surface area contributed by atoms with Crippen LogP contribution in [0.1, 0.15) is 26.2 Å². The van der Waals surface area contributed by atoms with E-state index >= 15 is 0 Å². The number of guanidine groups is 1. The zero-order valence-corrected chi connectivity index (χ0v) is 11.2. The van der Waals surface area contributed by atoms with Crippen LogP contribution in [0.2, 0.25) is 0 Å². The van der Waals surface area contributed by atoms with Crippen molar-refractivity contribution in [1.82, 2.24) is 10.7 Å². The van der Waals surface area contributed by atoms with Gasteiger partial charge in [0.2, 0.25) is 5.96 Å². The number of nitrogens with one attached hydrogen (secondary N) is 2. The first-order valence-electron chi connectivity index (χ1n) is 6.03. The van der Waals surface area contributed by atoms with Crippen molar-refractivity contribution in [1.29, 1.82) is 0 Å². The van der Waals surface area contributed by atoms with E-state index < -0.39 is 0 Å². The zero-order valence-electron chi connectivity index (χ0n) is 11.2. The second-order valence-corrected chi connectivity index (χ2v) is 3.81. The molecule has 0 fully saturated rings. The zero-order chi connectivity index (χ0) is 12.9. The molecule has 0 amide bonds. The van der Waals surface area contributed by atoms with Gasteiger partial charge in [0, 0.05) is 27.4 Å². The highest BCUT2D eigenvalue weighted by atomic mass is 16.5. The van der Waals surface area contributed by atoms with Crippen molar-refractivity contribution < 1.29 is 9.47 Å². The average molecular weight is 246 g/mol. The van der Waals surface area contributed by atoms with Crippen LogP contribution >= 0.6 is 0 Å². The van der Waals surface area contributed by atoms with Crippen molar-refractivity contribution in [3.63, 3.8) is 0 Å². The van der Waals surface area contributed by atoms with E-state index in [0.717, 1.165) is 19.3 Å². The molecule has 0 aliphatic heterocycles. The minimum atomic E-state index is 0.238. The highest BCUT2D eigenvalue weighted by Crippen LogP contribution is 1.97. The van der Waals surface area contributed by atoms with E-state index in [0.29, 0.717) is 25.7 Å². The molecule has 0 aromatic carbocycles. The van der Waals surface area contributed by atoms with Crippen LogP contribution in [0, 0.1) is 0 Å². The lowest BCUT2D eigenvalue weighted by Gasteiger charge is -2.19. The van der Waals surface area contributed by atoms with Gasteiger partial charge in [0.1, 0.15) is 0 Å². The lowest BCUT2D eigenvalue weighted by atomic mass is 10.2. The molecule has 6 heteroatoms. The van der Waals surface area contributed by atoms with Crippen LogP contribution in [0.15, 0.2) is 4.99 Å². The number of nitrogens with two attached hydrogens (primary N) is 1. The molecule has 0 bridgehead atoms. The minimum Gasteiger partial charge on any atom is -0.385 e. The monoisotopic (exact) mass is 246 g/mol. The Morgan fingerprint density at radius 1 is 1.35 bits per heavy atom. The number of hydrazine groups is 1. The summed E-state index contributed by atoms with van der Waals surface area (Å²) in [7, 11) is 3.37. The standard InChI is InChI=1S/C11H26N4O2/c1-4-6-10(9-17-3)14-11(15-12)13-7-5-8-16-2/h10H,4-9,12H2,1-3H3,(H2,13,14,15). The molecule has 0 saturated heterocycles. The Kier molecular flexibility index (Phi) is 11.0. The van der Waals surface area contributed by atoms with Crippen LogP contribution in [0.25, 0.3) is 0 Å². The normalized spacial score (nSPS) is 13.5. The van der Waals surface area contributed by atoms with Gasteiger partial charge in [0.15, 0.2) is 0 Å². The average Bonchev–Trinajstić information content (AvgIpc) is 2.33. The molecule has 0 aliphatic carbocycles. The molecule has 102 valence electrons. The molecular weight excluding hydrogens is 220 g/mol. The summed E-state index contributed by atoms with van der Waals surface area (Å²) in [5, 5.41) is 3.23. The third-order valence-electron chi connectivity index (χ3n) is 2.26. The maximum Gasteiger partial charge on any atom is 0.206 e. The highest BCUT2D eigenvalue weighted by molar-refractivity contribution is 5.79. The fourth-order valence-corrected chi connectivity index (χ4v) is 1.47. The van der Waals surface area contributed by atoms with Crippen molar-refractivity contribution in [2.75, 3.05) is 34.0 Å². The number of ether oxygens (including phenoxy) is 2. The Bertz CT molecular complexity index is 194. The summed E-state index contributed by atoms with van der Waals surface area (Å²) in [5.41, 5.74) is 2.57. The minimum absolute atomic E-state index is 0.238. The summed E-state index contributed by atoms with van der Waals surface area (Å²) in [5.74, 6) is 6.02. The number of hydrogen-bond acceptors (Lipinski definition) is 4. The first kappa shape index (κ1) is 16.1. The summed E-state index contributed by atoms with van der Waals surface area (Å²) in [6.07, 6.45) is 2.99. The molecule has 0 aliphatic rings. The van der Waals surface area contributed by atoms with Crippen LogP contribution in [0.3, 0.4) is 0 Å². The molecule has 0 aromatic rings. The molecule has 0 saturated carbocycles. The van der Waals surface area contributed by atoms with Gasteiger partial charge in [-0.3, -0.25) is 10.4 Å². The van der Waals surface area contributed by atoms with Gasteiger partial charge >= 0.3 is 0 Å². The Morgan fingerprint density at radius 3 is 2.65 bits per heavy atom. The lowest BCUT2D eigenvalue weighted by molar-refractivity contribution is 0.169. The van der Waals surface area contributed by atoms with Crippen molar-refractivity contribution in [2.24, 2.45) is 10.8 Å². The van der Waals surface area contributed by atoms with Crippen LogP contribution < -0.4 is 16.6 Å². The number of rotatable bonds is 9. The van der Waals surface area contributed by atoms with Crippen molar-refractivity contribution in [3.8, 4) is 0 Å². The Labute approximate surface area is 104 Å². The summed E-state index contributed by atoms with van der Waals surface area (Å²) in [6.45, 7) is 4.17. The van der Waals surface area contributed by atoms with E-state index in [1.54, 1.807) is 14.2 Å². The highest BCUT2D eigenvalue weighted by Gasteiger charge is 2.08. The molecule has 0 aromatic heterocycles. The molecule has 0 radical (unpaired) electrons. The molecule has 4 N–H and O–H groups in total. The molecule has 1 unspecified atom stereocenters. The Hall–Kier alpha value is -0.850. The Balaban J connectivity index is 4.04. The van der Waals surface area contributed by atoms with Gasteiger partial charge in [-0.1, -0.05) is 13.3 Å². The van der Waals surface area contributed by atoms with Crippen molar-refractivity contribution in [3.05, 3.63) is 0 Å². The number of aliphatic imine (C=N–C) groups is 1. The van der Waals surface area contributed by atoms with Gasteiger partial charge in [-0.15, -0.1) is 0 Å². The first-order chi connectivity index (χ1) is 8.28. The largest absolute Gasteiger partial charge is 0.385 e. The summed E-state index contributed by atoms with van der Waals surface area (Å²) in [4.78, 5) is 4.32. The van der Waals surface area contributed by atoms with Crippen LogP contribution in [0.5, 0.6) is 0 Å². The molecule has 1 atom stereocenters. The molecule has 0 rings (SSSR count). The Morgan fingerprint density at radius 2 is 2.12 bits per heavy atom. The number of hydrogen-bond donors (Lipinski definition) is 3.